The van der Waals surface area contributed by atoms with E-state index in [2.05, 4.69) is 57.1 Å². The Morgan fingerprint density at radius 1 is 1.24 bits per heavy atom. The van der Waals surface area contributed by atoms with Crippen molar-refractivity contribution < 1.29 is 4.74 Å². The largest absolute Gasteiger partial charge is 0.496 e. The summed E-state index contributed by atoms with van der Waals surface area (Å²) in [6.45, 7) is 12.1. The number of methoxy groups -OCH3 is 1. The topological polar surface area (TPSA) is 24.5 Å². The quantitative estimate of drug-likeness (QED) is 0.790. The van der Waals surface area contributed by atoms with E-state index in [0.717, 1.165) is 31.8 Å². The molecule has 0 saturated heterocycles. The first-order valence-electron chi connectivity index (χ1n) is 7.92. The van der Waals surface area contributed by atoms with Gasteiger partial charge in [0.2, 0.25) is 0 Å². The fraction of sp³-hybridized carbons (Fsp3) is 0.667. The minimum Gasteiger partial charge on any atom is -0.496 e. The molecule has 1 rings (SSSR count). The highest BCUT2D eigenvalue weighted by atomic mass is 16.5. The van der Waals surface area contributed by atoms with Crippen molar-refractivity contribution in [1.29, 1.82) is 0 Å². The molecule has 1 atom stereocenters. The number of likely N-dealkylation sites (N-methyl/N-ethyl adjacent to an activating group) is 1. The second kappa shape index (κ2) is 8.40. The Hall–Kier alpha value is -1.06. The zero-order valence-corrected chi connectivity index (χ0v) is 14.6. The van der Waals surface area contributed by atoms with Gasteiger partial charge < -0.3 is 15.0 Å². The molecule has 1 unspecified atom stereocenters. The van der Waals surface area contributed by atoms with Crippen LogP contribution in [-0.4, -0.2) is 38.7 Å². The minimum atomic E-state index is 0.299. The first-order chi connectivity index (χ1) is 9.87. The van der Waals surface area contributed by atoms with Crippen molar-refractivity contribution in [2.75, 3.05) is 33.8 Å². The van der Waals surface area contributed by atoms with Crippen LogP contribution >= 0.6 is 0 Å². The molecule has 0 aliphatic rings. The Labute approximate surface area is 130 Å². The first kappa shape index (κ1) is 18.0. The second-order valence-electron chi connectivity index (χ2n) is 7.01. The van der Waals surface area contributed by atoms with Crippen LogP contribution in [0.2, 0.25) is 0 Å². The van der Waals surface area contributed by atoms with Gasteiger partial charge in [0.05, 0.1) is 7.11 Å². The molecule has 0 saturated carbocycles. The summed E-state index contributed by atoms with van der Waals surface area (Å²) in [5.74, 6) is 0.968. The lowest BCUT2D eigenvalue weighted by atomic mass is 9.95. The van der Waals surface area contributed by atoms with Crippen molar-refractivity contribution in [1.82, 2.24) is 10.2 Å². The number of para-hydroxylation sites is 1. The van der Waals surface area contributed by atoms with E-state index in [1.54, 1.807) is 7.11 Å². The molecule has 0 spiro atoms. The van der Waals surface area contributed by atoms with Gasteiger partial charge in [0.1, 0.15) is 5.75 Å². The minimum absolute atomic E-state index is 0.299. The van der Waals surface area contributed by atoms with Gasteiger partial charge in [-0.15, -0.1) is 0 Å². The van der Waals surface area contributed by atoms with Gasteiger partial charge >= 0.3 is 0 Å². The highest BCUT2D eigenvalue weighted by Gasteiger charge is 2.20. The first-order valence-corrected chi connectivity index (χ1v) is 7.92. The number of nitrogens with one attached hydrogen (secondary N) is 1. The number of ether oxygens (including phenoxy) is 1. The molecular formula is C18H32N2O. The summed E-state index contributed by atoms with van der Waals surface area (Å²) in [6.07, 6.45) is 1.13. The van der Waals surface area contributed by atoms with Crippen molar-refractivity contribution in [3.63, 3.8) is 0 Å². The zero-order chi connectivity index (χ0) is 15.9. The third kappa shape index (κ3) is 6.49. The van der Waals surface area contributed by atoms with Crippen LogP contribution in [0.5, 0.6) is 5.75 Å². The van der Waals surface area contributed by atoms with Crippen LogP contribution in [-0.2, 0) is 0 Å². The average molecular weight is 292 g/mol. The van der Waals surface area contributed by atoms with Gasteiger partial charge in [0.25, 0.3) is 0 Å². The molecule has 0 amide bonds. The van der Waals surface area contributed by atoms with Crippen molar-refractivity contribution in [3.05, 3.63) is 29.8 Å². The highest BCUT2D eigenvalue weighted by molar-refractivity contribution is 5.36. The summed E-state index contributed by atoms with van der Waals surface area (Å²) in [5.41, 5.74) is 1.55. The van der Waals surface area contributed by atoms with Crippen molar-refractivity contribution in [2.24, 2.45) is 5.41 Å². The lowest BCUT2D eigenvalue weighted by Crippen LogP contribution is -2.37. The molecule has 1 aromatic carbocycles. The molecule has 0 heterocycles. The fourth-order valence-corrected chi connectivity index (χ4v) is 2.73. The predicted molar refractivity (Wildman–Crippen MR) is 91.0 cm³/mol. The summed E-state index contributed by atoms with van der Waals surface area (Å²) >= 11 is 0. The van der Waals surface area contributed by atoms with Gasteiger partial charge in [0, 0.05) is 24.7 Å². The Kier molecular flexibility index (Phi) is 7.20. The fourth-order valence-electron chi connectivity index (χ4n) is 2.73. The third-order valence-corrected chi connectivity index (χ3v) is 3.39. The molecule has 3 nitrogen and oxygen atoms in total. The summed E-state index contributed by atoms with van der Waals surface area (Å²) in [4.78, 5) is 2.40. The standard InChI is InChI=1S/C18H32N2O/c1-7-12-19-16(13-20(5)14-18(2,3)4)15-10-8-9-11-17(15)21-6/h8-11,16,19H,7,12-14H2,1-6H3. The SMILES string of the molecule is CCCNC(CN(C)CC(C)(C)C)c1ccccc1OC. The van der Waals surface area contributed by atoms with Gasteiger partial charge in [0.15, 0.2) is 0 Å². The van der Waals surface area contributed by atoms with E-state index in [4.69, 9.17) is 4.74 Å². The summed E-state index contributed by atoms with van der Waals surface area (Å²) in [6, 6.07) is 8.62. The molecule has 0 bridgehead atoms. The van der Waals surface area contributed by atoms with Crippen LogP contribution in [0.25, 0.3) is 0 Å². The van der Waals surface area contributed by atoms with Gasteiger partial charge in [-0.1, -0.05) is 45.9 Å². The van der Waals surface area contributed by atoms with Gasteiger partial charge in [-0.3, -0.25) is 0 Å². The maximum atomic E-state index is 5.53. The van der Waals surface area contributed by atoms with Crippen LogP contribution in [0.4, 0.5) is 0 Å². The molecule has 120 valence electrons. The van der Waals surface area contributed by atoms with E-state index < -0.39 is 0 Å². The monoisotopic (exact) mass is 292 g/mol. The van der Waals surface area contributed by atoms with E-state index in [1.807, 2.05) is 12.1 Å². The number of hydrogen-bond donors (Lipinski definition) is 1. The van der Waals surface area contributed by atoms with E-state index in [-0.39, 0.29) is 0 Å². The Balaban J connectivity index is 2.84. The summed E-state index contributed by atoms with van der Waals surface area (Å²) in [5, 5.41) is 3.66. The molecule has 0 radical (unpaired) electrons. The van der Waals surface area contributed by atoms with Crippen LogP contribution in [0, 0.1) is 5.41 Å². The van der Waals surface area contributed by atoms with Crippen LogP contribution in [0.15, 0.2) is 24.3 Å². The van der Waals surface area contributed by atoms with E-state index in [0.29, 0.717) is 11.5 Å². The normalized spacial score (nSPS) is 13.5. The van der Waals surface area contributed by atoms with Crippen LogP contribution in [0.3, 0.4) is 0 Å². The van der Waals surface area contributed by atoms with E-state index >= 15 is 0 Å². The third-order valence-electron chi connectivity index (χ3n) is 3.39. The number of nitrogens with zero attached hydrogens (tertiary/aromatic N) is 1. The zero-order valence-electron chi connectivity index (χ0n) is 14.6. The Bertz CT molecular complexity index is 412. The van der Waals surface area contributed by atoms with Crippen LogP contribution < -0.4 is 10.1 Å². The van der Waals surface area contributed by atoms with E-state index in [1.165, 1.54) is 5.56 Å². The maximum Gasteiger partial charge on any atom is 0.123 e. The molecular weight excluding hydrogens is 260 g/mol. The number of hydrogen-bond acceptors (Lipinski definition) is 3. The summed E-state index contributed by atoms with van der Waals surface area (Å²) in [7, 11) is 3.94. The molecule has 1 aromatic rings. The number of benzene rings is 1. The molecule has 1 N–H and O–H groups in total. The molecule has 0 aliphatic heterocycles. The Morgan fingerprint density at radius 3 is 2.48 bits per heavy atom. The lowest BCUT2D eigenvalue weighted by Gasteiger charge is -2.31. The molecule has 3 heteroatoms. The predicted octanol–water partition coefficient (Wildman–Crippen LogP) is 3.71. The van der Waals surface area contributed by atoms with E-state index in [9.17, 15) is 0 Å². The molecule has 0 fully saturated rings. The number of rotatable bonds is 8. The van der Waals surface area contributed by atoms with Crippen LogP contribution in [0.1, 0.15) is 45.7 Å². The molecule has 0 aliphatic carbocycles. The van der Waals surface area contributed by atoms with Gasteiger partial charge in [-0.25, -0.2) is 0 Å². The molecule has 0 aromatic heterocycles. The summed E-state index contributed by atoms with van der Waals surface area (Å²) < 4.78 is 5.53. The van der Waals surface area contributed by atoms with Crippen molar-refractivity contribution in [2.45, 2.75) is 40.2 Å². The Morgan fingerprint density at radius 2 is 1.90 bits per heavy atom. The molecule has 21 heavy (non-hydrogen) atoms. The lowest BCUT2D eigenvalue weighted by molar-refractivity contribution is 0.207. The van der Waals surface area contributed by atoms with Gasteiger partial charge in [-0.2, -0.15) is 0 Å². The smallest absolute Gasteiger partial charge is 0.123 e. The second-order valence-corrected chi connectivity index (χ2v) is 7.01. The highest BCUT2D eigenvalue weighted by Crippen LogP contribution is 2.26. The van der Waals surface area contributed by atoms with Crippen molar-refractivity contribution in [3.8, 4) is 5.75 Å². The maximum absolute atomic E-state index is 5.53. The van der Waals surface area contributed by atoms with Gasteiger partial charge in [-0.05, 0) is 31.5 Å². The van der Waals surface area contributed by atoms with Crippen molar-refractivity contribution >= 4 is 0 Å². The average Bonchev–Trinajstić information content (AvgIpc) is 2.41.